The molecular formula is C21H20N2O5. The minimum atomic E-state index is -0.594. The lowest BCUT2D eigenvalue weighted by Crippen LogP contribution is -2.43. The number of hydrogen-bond donors (Lipinski definition) is 1. The Morgan fingerprint density at radius 2 is 2.00 bits per heavy atom. The van der Waals surface area contributed by atoms with Crippen LogP contribution in [0, 0.1) is 0 Å². The first-order valence-electron chi connectivity index (χ1n) is 9.20. The van der Waals surface area contributed by atoms with E-state index in [1.165, 1.54) is 4.90 Å². The van der Waals surface area contributed by atoms with Gasteiger partial charge in [0.1, 0.15) is 19.3 Å². The zero-order valence-corrected chi connectivity index (χ0v) is 15.2. The van der Waals surface area contributed by atoms with Crippen molar-refractivity contribution >= 4 is 23.7 Å². The molecule has 0 bridgehead atoms. The summed E-state index contributed by atoms with van der Waals surface area (Å²) < 4.78 is 10.3. The number of nitrogens with zero attached hydrogens (tertiary/aromatic N) is 1. The van der Waals surface area contributed by atoms with Gasteiger partial charge in [0.15, 0.2) is 0 Å². The van der Waals surface area contributed by atoms with Crippen molar-refractivity contribution < 1.29 is 23.9 Å². The van der Waals surface area contributed by atoms with E-state index in [1.807, 2.05) is 30.3 Å². The molecule has 144 valence electrons. The molecule has 4 rings (SSSR count). The van der Waals surface area contributed by atoms with Crippen molar-refractivity contribution in [2.24, 2.45) is 0 Å². The second-order valence-electron chi connectivity index (χ2n) is 6.83. The first-order valence-corrected chi connectivity index (χ1v) is 9.20. The molecule has 7 heteroatoms. The van der Waals surface area contributed by atoms with Crippen LogP contribution in [0.15, 0.2) is 48.5 Å². The smallest absolute Gasteiger partial charge is 0.410 e. The molecule has 1 saturated heterocycles. The molecule has 1 N–H and O–H groups in total. The Bertz CT molecular complexity index is 912. The maximum absolute atomic E-state index is 12.7. The van der Waals surface area contributed by atoms with Gasteiger partial charge in [-0.25, -0.2) is 9.59 Å². The first-order chi connectivity index (χ1) is 13.6. The molecule has 7 nitrogen and oxygen atoms in total. The van der Waals surface area contributed by atoms with Crippen molar-refractivity contribution in [3.05, 3.63) is 65.2 Å². The second kappa shape index (κ2) is 7.72. The Kier molecular flexibility index (Phi) is 4.97. The third kappa shape index (κ3) is 3.69. The van der Waals surface area contributed by atoms with Crippen molar-refractivity contribution in [3.8, 4) is 0 Å². The summed E-state index contributed by atoms with van der Waals surface area (Å²) in [6.45, 7) is 0.895. The van der Waals surface area contributed by atoms with E-state index in [4.69, 9.17) is 9.47 Å². The summed E-state index contributed by atoms with van der Waals surface area (Å²) in [6.07, 6.45) is 0.799. The first kappa shape index (κ1) is 18.0. The zero-order valence-electron chi connectivity index (χ0n) is 15.2. The van der Waals surface area contributed by atoms with Gasteiger partial charge in [-0.1, -0.05) is 36.4 Å². The molecule has 0 unspecified atom stereocenters. The molecule has 1 atom stereocenters. The van der Waals surface area contributed by atoms with Crippen LogP contribution in [0.3, 0.4) is 0 Å². The Morgan fingerprint density at radius 1 is 1.18 bits per heavy atom. The summed E-state index contributed by atoms with van der Waals surface area (Å²) in [5.41, 5.74) is 2.66. The van der Waals surface area contributed by atoms with Gasteiger partial charge >= 0.3 is 12.1 Å². The van der Waals surface area contributed by atoms with Gasteiger partial charge < -0.3 is 14.8 Å². The maximum Gasteiger partial charge on any atom is 0.410 e. The van der Waals surface area contributed by atoms with Crippen LogP contribution in [0.2, 0.25) is 0 Å². The number of rotatable bonds is 4. The van der Waals surface area contributed by atoms with Crippen molar-refractivity contribution in [1.29, 1.82) is 0 Å². The molecule has 0 saturated carbocycles. The molecule has 2 aliphatic heterocycles. The number of hydrogen-bond acceptors (Lipinski definition) is 5. The Morgan fingerprint density at radius 3 is 2.82 bits per heavy atom. The minimum absolute atomic E-state index is 0.164. The number of esters is 1. The molecule has 2 aliphatic rings. The van der Waals surface area contributed by atoms with Gasteiger partial charge in [-0.2, -0.15) is 0 Å². The van der Waals surface area contributed by atoms with Crippen molar-refractivity contribution in [2.75, 3.05) is 11.9 Å². The van der Waals surface area contributed by atoms with Crippen molar-refractivity contribution in [2.45, 2.75) is 32.1 Å². The highest BCUT2D eigenvalue weighted by atomic mass is 16.6. The van der Waals surface area contributed by atoms with Crippen LogP contribution in [0.5, 0.6) is 0 Å². The molecule has 0 aromatic heterocycles. The van der Waals surface area contributed by atoms with Crippen LogP contribution < -0.4 is 5.32 Å². The molecule has 0 radical (unpaired) electrons. The Balaban J connectivity index is 1.39. The topological polar surface area (TPSA) is 84.9 Å². The number of nitrogens with one attached hydrogen (secondary N) is 1. The molecule has 28 heavy (non-hydrogen) atoms. The third-order valence-corrected chi connectivity index (χ3v) is 4.95. The lowest BCUT2D eigenvalue weighted by molar-refractivity contribution is -0.120. The van der Waals surface area contributed by atoms with Gasteiger partial charge in [-0.3, -0.25) is 9.69 Å². The van der Waals surface area contributed by atoms with Crippen LogP contribution in [0.25, 0.3) is 0 Å². The number of amides is 2. The minimum Gasteiger partial charge on any atom is -0.457 e. The molecular weight excluding hydrogens is 360 g/mol. The van der Waals surface area contributed by atoms with E-state index in [2.05, 4.69) is 5.32 Å². The van der Waals surface area contributed by atoms with Crippen LogP contribution >= 0.6 is 0 Å². The zero-order chi connectivity index (χ0) is 19.5. The number of fused-ring (bicyclic) bond motifs is 1. The average molecular weight is 380 g/mol. The van der Waals surface area contributed by atoms with Gasteiger partial charge in [-0.15, -0.1) is 0 Å². The van der Waals surface area contributed by atoms with E-state index in [0.717, 1.165) is 17.5 Å². The predicted octanol–water partition coefficient (Wildman–Crippen LogP) is 3.10. The van der Waals surface area contributed by atoms with Crippen LogP contribution in [-0.4, -0.2) is 35.5 Å². The van der Waals surface area contributed by atoms with E-state index in [1.54, 1.807) is 18.2 Å². The fourth-order valence-electron chi connectivity index (χ4n) is 3.48. The number of benzene rings is 2. The Hall–Kier alpha value is -3.35. The highest BCUT2D eigenvalue weighted by Crippen LogP contribution is 2.25. The average Bonchev–Trinajstić information content (AvgIpc) is 3.34. The number of ether oxygens (including phenoxy) is 2. The van der Waals surface area contributed by atoms with E-state index in [-0.39, 0.29) is 19.1 Å². The fourth-order valence-corrected chi connectivity index (χ4v) is 3.48. The molecule has 0 spiro atoms. The number of carbonyl (C=O) groups is 3. The summed E-state index contributed by atoms with van der Waals surface area (Å²) >= 11 is 0. The van der Waals surface area contributed by atoms with Crippen LogP contribution in [-0.2, 0) is 27.5 Å². The molecule has 1 fully saturated rings. The largest absolute Gasteiger partial charge is 0.457 e. The fraction of sp³-hybridized carbons (Fsp3) is 0.286. The van der Waals surface area contributed by atoms with E-state index < -0.39 is 18.1 Å². The maximum atomic E-state index is 12.7. The quantitative estimate of drug-likeness (QED) is 0.824. The Labute approximate surface area is 162 Å². The summed E-state index contributed by atoms with van der Waals surface area (Å²) in [4.78, 5) is 38.3. The highest BCUT2D eigenvalue weighted by Gasteiger charge is 2.35. The van der Waals surface area contributed by atoms with Gasteiger partial charge in [0, 0.05) is 17.8 Å². The molecule has 2 heterocycles. The predicted molar refractivity (Wildman–Crippen MR) is 101 cm³/mol. The third-order valence-electron chi connectivity index (χ3n) is 4.95. The normalized spacial score (nSPS) is 17.8. The molecule has 2 aromatic rings. The van der Waals surface area contributed by atoms with E-state index >= 15 is 0 Å². The number of anilines is 1. The van der Waals surface area contributed by atoms with Crippen LogP contribution in [0.1, 0.15) is 34.3 Å². The van der Waals surface area contributed by atoms with E-state index in [0.29, 0.717) is 24.2 Å². The van der Waals surface area contributed by atoms with Gasteiger partial charge in [0.05, 0.1) is 5.56 Å². The summed E-state index contributed by atoms with van der Waals surface area (Å²) in [5.74, 6) is -0.682. The van der Waals surface area contributed by atoms with E-state index in [9.17, 15) is 14.4 Å². The molecule has 0 aliphatic carbocycles. The second-order valence-corrected chi connectivity index (χ2v) is 6.83. The van der Waals surface area contributed by atoms with Gasteiger partial charge in [0.25, 0.3) is 0 Å². The summed E-state index contributed by atoms with van der Waals surface area (Å²) in [5, 5.41) is 2.80. The molecule has 2 amide bonds. The SMILES string of the molecule is O=C1OCc2ccc(NC(=O)[C@@H]3CCCN3C(=O)OCc3ccccc3)cc21. The van der Waals surface area contributed by atoms with Crippen molar-refractivity contribution in [1.82, 2.24) is 4.90 Å². The van der Waals surface area contributed by atoms with Crippen LogP contribution in [0.4, 0.5) is 10.5 Å². The number of likely N-dealkylation sites (tertiary alicyclic amines) is 1. The number of carbonyl (C=O) groups excluding carboxylic acids is 3. The summed E-state index contributed by atoms with van der Waals surface area (Å²) in [7, 11) is 0. The molecule has 2 aromatic carbocycles. The lowest BCUT2D eigenvalue weighted by Gasteiger charge is -2.23. The van der Waals surface area contributed by atoms with Gasteiger partial charge in [-0.05, 0) is 30.5 Å². The van der Waals surface area contributed by atoms with Crippen molar-refractivity contribution in [3.63, 3.8) is 0 Å². The standard InChI is InChI=1S/C21H20N2O5/c24-19(22-16-9-8-15-13-27-20(25)17(15)11-16)18-7-4-10-23(18)21(26)28-12-14-5-2-1-3-6-14/h1-3,5-6,8-9,11,18H,4,7,10,12-13H2,(H,22,24)/t18-/m0/s1. The summed E-state index contributed by atoms with van der Waals surface area (Å²) in [6, 6.07) is 13.9. The monoisotopic (exact) mass is 380 g/mol. The van der Waals surface area contributed by atoms with Gasteiger partial charge in [0.2, 0.25) is 5.91 Å². The number of cyclic esters (lactones) is 1. The lowest BCUT2D eigenvalue weighted by atomic mass is 10.1. The highest BCUT2D eigenvalue weighted by molar-refractivity contribution is 5.99.